The number of rotatable bonds is 7. The summed E-state index contributed by atoms with van der Waals surface area (Å²) in [6, 6.07) is 10.7. The quantitative estimate of drug-likeness (QED) is 0.467. The number of hydrogen-bond acceptors (Lipinski definition) is 6. The van der Waals surface area contributed by atoms with E-state index >= 15 is 0 Å². The Kier molecular flexibility index (Phi) is 7.27. The average Bonchev–Trinajstić information content (AvgIpc) is 2.77. The molecule has 2 aromatic carbocycles. The normalized spacial score (nSPS) is 13.5. The SMILES string of the molecule is COc1ccc([C@@H](c2nccc3cc(OC)c(OC)cc23)[C@H](O)C(Cl)(Cl)Cl)cc1OC. The van der Waals surface area contributed by atoms with E-state index in [4.69, 9.17) is 53.8 Å². The van der Waals surface area contributed by atoms with Gasteiger partial charge < -0.3 is 24.1 Å². The Morgan fingerprint density at radius 2 is 1.39 bits per heavy atom. The van der Waals surface area contributed by atoms with E-state index in [2.05, 4.69) is 4.98 Å². The highest BCUT2D eigenvalue weighted by Gasteiger charge is 2.40. The number of benzene rings is 2. The van der Waals surface area contributed by atoms with Gasteiger partial charge in [0.05, 0.1) is 40.1 Å². The summed E-state index contributed by atoms with van der Waals surface area (Å²) in [7, 11) is 6.17. The maximum absolute atomic E-state index is 11.1. The van der Waals surface area contributed by atoms with Gasteiger partial charge in [0, 0.05) is 11.6 Å². The molecular formula is C22H22Cl3NO5. The molecule has 0 amide bonds. The van der Waals surface area contributed by atoms with Gasteiger partial charge in [0.1, 0.15) is 6.10 Å². The van der Waals surface area contributed by atoms with Crippen molar-refractivity contribution in [3.05, 3.63) is 53.9 Å². The van der Waals surface area contributed by atoms with Crippen LogP contribution in [-0.4, -0.2) is 48.4 Å². The number of alkyl halides is 3. The van der Waals surface area contributed by atoms with Crippen LogP contribution in [0.3, 0.4) is 0 Å². The van der Waals surface area contributed by atoms with Crippen molar-refractivity contribution in [2.24, 2.45) is 0 Å². The maximum atomic E-state index is 11.1. The molecule has 0 unspecified atom stereocenters. The van der Waals surface area contributed by atoms with Crippen molar-refractivity contribution < 1.29 is 24.1 Å². The minimum absolute atomic E-state index is 0.473. The molecule has 2 atom stereocenters. The Morgan fingerprint density at radius 3 is 1.97 bits per heavy atom. The van der Waals surface area contributed by atoms with Crippen molar-refractivity contribution in [3.8, 4) is 23.0 Å². The fraction of sp³-hybridized carbons (Fsp3) is 0.318. The van der Waals surface area contributed by atoms with Gasteiger partial charge in [-0.3, -0.25) is 4.98 Å². The van der Waals surface area contributed by atoms with Crippen LogP contribution in [0.2, 0.25) is 0 Å². The average molecular weight is 487 g/mol. The lowest BCUT2D eigenvalue weighted by Gasteiger charge is -2.29. The highest BCUT2D eigenvalue weighted by Crippen LogP contribution is 2.45. The standard InChI is InChI=1S/C22H22Cl3NO5/c1-28-15-6-5-13(10-16(15)29-2)19(21(27)22(23,24)25)20-14-11-18(31-4)17(30-3)9-12(14)7-8-26-20/h5-11,19,21,27H,1-4H3/t19-,21-/m0/s1. The molecule has 0 radical (unpaired) electrons. The molecule has 1 N–H and O–H groups in total. The number of aliphatic hydroxyl groups excluding tert-OH is 1. The van der Waals surface area contributed by atoms with Crippen molar-refractivity contribution >= 4 is 45.6 Å². The van der Waals surface area contributed by atoms with Crippen LogP contribution in [0.4, 0.5) is 0 Å². The molecule has 31 heavy (non-hydrogen) atoms. The van der Waals surface area contributed by atoms with Crippen LogP contribution in [0.1, 0.15) is 17.2 Å². The van der Waals surface area contributed by atoms with Crippen LogP contribution in [0, 0.1) is 0 Å². The number of ether oxygens (including phenoxy) is 4. The van der Waals surface area contributed by atoms with Crippen molar-refractivity contribution in [3.63, 3.8) is 0 Å². The third-order valence-corrected chi connectivity index (χ3v) is 5.68. The zero-order valence-corrected chi connectivity index (χ0v) is 19.6. The molecule has 0 bridgehead atoms. The van der Waals surface area contributed by atoms with Gasteiger partial charge in [-0.1, -0.05) is 40.9 Å². The largest absolute Gasteiger partial charge is 0.493 e. The zero-order chi connectivity index (χ0) is 22.8. The van der Waals surface area contributed by atoms with Crippen molar-refractivity contribution in [1.29, 1.82) is 0 Å². The van der Waals surface area contributed by atoms with E-state index in [-0.39, 0.29) is 0 Å². The first-order valence-electron chi connectivity index (χ1n) is 9.22. The number of hydrogen-bond donors (Lipinski definition) is 1. The number of halogens is 3. The summed E-state index contributed by atoms with van der Waals surface area (Å²) in [5.74, 6) is 1.29. The van der Waals surface area contributed by atoms with Crippen LogP contribution < -0.4 is 18.9 Å². The second-order valence-corrected chi connectivity index (χ2v) is 9.07. The van der Waals surface area contributed by atoms with E-state index < -0.39 is 15.8 Å². The Balaban J connectivity index is 2.29. The van der Waals surface area contributed by atoms with Crippen LogP contribution in [0.15, 0.2) is 42.6 Å². The van der Waals surface area contributed by atoms with Gasteiger partial charge in [-0.2, -0.15) is 0 Å². The first-order valence-corrected chi connectivity index (χ1v) is 10.4. The second-order valence-electron chi connectivity index (χ2n) is 6.70. The first kappa shape index (κ1) is 23.5. The fourth-order valence-corrected chi connectivity index (χ4v) is 3.87. The third kappa shape index (κ3) is 4.72. The Morgan fingerprint density at radius 1 is 0.806 bits per heavy atom. The smallest absolute Gasteiger partial charge is 0.217 e. The van der Waals surface area contributed by atoms with Gasteiger partial charge in [0.25, 0.3) is 0 Å². The first-order chi connectivity index (χ1) is 14.7. The number of pyridine rings is 1. The lowest BCUT2D eigenvalue weighted by atomic mass is 9.87. The van der Waals surface area contributed by atoms with Gasteiger partial charge in [-0.05, 0) is 41.3 Å². The molecule has 0 fully saturated rings. The molecule has 6 nitrogen and oxygen atoms in total. The van der Waals surface area contributed by atoms with Gasteiger partial charge >= 0.3 is 0 Å². The van der Waals surface area contributed by atoms with E-state index in [0.717, 1.165) is 5.39 Å². The molecule has 3 aromatic rings. The molecular weight excluding hydrogens is 465 g/mol. The van der Waals surface area contributed by atoms with Crippen molar-refractivity contribution in [2.45, 2.75) is 15.8 Å². The summed E-state index contributed by atoms with van der Waals surface area (Å²) in [6.07, 6.45) is 0.212. The summed E-state index contributed by atoms with van der Waals surface area (Å²) in [6.45, 7) is 0. The van der Waals surface area contributed by atoms with Crippen LogP contribution in [-0.2, 0) is 0 Å². The van der Waals surface area contributed by atoms with E-state index in [1.807, 2.05) is 12.1 Å². The van der Waals surface area contributed by atoms with E-state index in [1.54, 1.807) is 44.7 Å². The highest BCUT2D eigenvalue weighted by molar-refractivity contribution is 6.68. The van der Waals surface area contributed by atoms with E-state index in [1.165, 1.54) is 14.2 Å². The molecule has 9 heteroatoms. The van der Waals surface area contributed by atoms with Gasteiger partial charge in [0.2, 0.25) is 3.79 Å². The van der Waals surface area contributed by atoms with Crippen LogP contribution in [0.5, 0.6) is 23.0 Å². The van der Waals surface area contributed by atoms with Crippen molar-refractivity contribution in [2.75, 3.05) is 28.4 Å². The third-order valence-electron chi connectivity index (χ3n) is 5.01. The second kappa shape index (κ2) is 9.57. The minimum atomic E-state index is -1.97. The highest BCUT2D eigenvalue weighted by atomic mass is 35.6. The lowest BCUT2D eigenvalue weighted by molar-refractivity contribution is 0.159. The molecule has 3 rings (SSSR count). The summed E-state index contributed by atoms with van der Waals surface area (Å²) in [5, 5.41) is 12.6. The molecule has 0 aliphatic rings. The predicted molar refractivity (Wildman–Crippen MR) is 123 cm³/mol. The topological polar surface area (TPSA) is 70.0 Å². The summed E-state index contributed by atoms with van der Waals surface area (Å²) < 4.78 is 19.6. The monoisotopic (exact) mass is 485 g/mol. The van der Waals surface area contributed by atoms with Crippen LogP contribution in [0.25, 0.3) is 10.8 Å². The minimum Gasteiger partial charge on any atom is -0.493 e. The molecule has 0 aliphatic carbocycles. The Hall–Kier alpha value is -2.12. The van der Waals surface area contributed by atoms with E-state index in [0.29, 0.717) is 39.6 Å². The Labute approximate surface area is 195 Å². The van der Waals surface area contributed by atoms with Gasteiger partial charge in [-0.15, -0.1) is 0 Å². The predicted octanol–water partition coefficient (Wildman–Crippen LogP) is 5.13. The van der Waals surface area contributed by atoms with Crippen LogP contribution >= 0.6 is 34.8 Å². The molecule has 166 valence electrons. The molecule has 0 spiro atoms. The summed E-state index contributed by atoms with van der Waals surface area (Å²) in [5.41, 5.74) is 1.13. The number of aliphatic hydroxyl groups is 1. The molecule has 0 aliphatic heterocycles. The summed E-state index contributed by atoms with van der Waals surface area (Å²) >= 11 is 18.4. The fourth-order valence-electron chi connectivity index (χ4n) is 3.49. The lowest BCUT2D eigenvalue weighted by Crippen LogP contribution is -2.33. The van der Waals surface area contributed by atoms with Gasteiger partial charge in [-0.25, -0.2) is 0 Å². The van der Waals surface area contributed by atoms with Crippen molar-refractivity contribution in [1.82, 2.24) is 4.98 Å². The summed E-state index contributed by atoms with van der Waals surface area (Å²) in [4.78, 5) is 4.54. The molecule has 1 aromatic heterocycles. The molecule has 0 saturated carbocycles. The number of nitrogens with zero attached hydrogens (tertiary/aromatic N) is 1. The van der Waals surface area contributed by atoms with Gasteiger partial charge in [0.15, 0.2) is 23.0 Å². The number of fused-ring (bicyclic) bond motifs is 1. The number of aromatic nitrogens is 1. The number of methoxy groups -OCH3 is 4. The molecule has 0 saturated heterocycles. The maximum Gasteiger partial charge on any atom is 0.217 e. The Bertz CT molecular complexity index is 1070. The van der Waals surface area contributed by atoms with E-state index in [9.17, 15) is 5.11 Å². The zero-order valence-electron chi connectivity index (χ0n) is 17.4. The molecule has 1 heterocycles.